The third-order valence-corrected chi connectivity index (χ3v) is 6.32. The van der Waals surface area contributed by atoms with E-state index < -0.39 is 17.2 Å². The van der Waals surface area contributed by atoms with Gasteiger partial charge in [0.05, 0.1) is 23.3 Å². The number of nitrogens with one attached hydrogen (secondary N) is 1. The van der Waals surface area contributed by atoms with Gasteiger partial charge < -0.3 is 18.7 Å². The fourth-order valence-corrected chi connectivity index (χ4v) is 4.74. The number of carbonyl (C=O) groups is 1. The van der Waals surface area contributed by atoms with Crippen molar-refractivity contribution in [2.45, 2.75) is 13.8 Å². The molecule has 0 bridgehead atoms. The lowest BCUT2D eigenvalue weighted by molar-refractivity contribution is 0.0808. The van der Waals surface area contributed by atoms with Crippen LogP contribution in [-0.4, -0.2) is 34.3 Å². The van der Waals surface area contributed by atoms with Gasteiger partial charge in [0.2, 0.25) is 0 Å². The predicted octanol–water partition coefficient (Wildman–Crippen LogP) is 4.07. The number of aromatic hydroxyl groups is 1. The average molecular weight is 520 g/mol. The maximum atomic E-state index is 13.9. The number of thioether (sulfide) groups is 1. The molecule has 1 aliphatic heterocycles. The number of rotatable bonds is 5. The van der Waals surface area contributed by atoms with Crippen molar-refractivity contribution in [1.29, 1.82) is 0 Å². The third-order valence-electron chi connectivity index (χ3n) is 5.53. The van der Waals surface area contributed by atoms with E-state index in [0.717, 1.165) is 22.8 Å². The van der Waals surface area contributed by atoms with E-state index in [1.807, 2.05) is 13.8 Å². The first-order chi connectivity index (χ1) is 17.9. The second kappa shape index (κ2) is 9.86. The highest BCUT2D eigenvalue weighted by atomic mass is 32.2. The molecular weight excluding hydrogens is 498 g/mol. The molecule has 37 heavy (non-hydrogen) atoms. The van der Waals surface area contributed by atoms with Crippen molar-refractivity contribution in [2.24, 2.45) is 4.99 Å². The number of hydrogen-bond acceptors (Lipinski definition) is 9. The molecule has 0 saturated heterocycles. The summed E-state index contributed by atoms with van der Waals surface area (Å²) in [6.45, 7) is 4.50. The number of hydrogen-bond donors (Lipinski definition) is 2. The Labute approximate surface area is 213 Å². The van der Waals surface area contributed by atoms with E-state index in [9.17, 15) is 19.5 Å². The lowest BCUT2D eigenvalue weighted by Crippen LogP contribution is -2.46. The minimum Gasteiger partial charge on any atom is -0.506 e. The van der Waals surface area contributed by atoms with Gasteiger partial charge in [-0.05, 0) is 38.1 Å². The summed E-state index contributed by atoms with van der Waals surface area (Å²) in [5.74, 6) is -0.538. The van der Waals surface area contributed by atoms with Gasteiger partial charge in [-0.1, -0.05) is 23.9 Å². The first-order valence-corrected chi connectivity index (χ1v) is 12.3. The summed E-state index contributed by atoms with van der Waals surface area (Å²) in [5.41, 5.74) is 1.52. The minimum atomic E-state index is -0.836. The van der Waals surface area contributed by atoms with Crippen LogP contribution in [0.3, 0.4) is 0 Å². The fraction of sp³-hybridized carbons (Fsp3) is 0.154. The van der Waals surface area contributed by atoms with Gasteiger partial charge in [-0.2, -0.15) is 0 Å². The number of benzene rings is 2. The van der Waals surface area contributed by atoms with Crippen molar-refractivity contribution in [2.75, 3.05) is 13.2 Å². The van der Waals surface area contributed by atoms with Gasteiger partial charge in [0.1, 0.15) is 28.2 Å². The molecule has 2 N–H and O–H groups in total. The maximum absolute atomic E-state index is 13.9. The lowest BCUT2D eigenvalue weighted by atomic mass is 10.1. The molecule has 4 aromatic rings. The van der Waals surface area contributed by atoms with Gasteiger partial charge in [-0.15, -0.1) is 0 Å². The number of nitrogens with zero attached hydrogens (tertiary/aromatic N) is 2. The molecule has 0 radical (unpaired) electrons. The van der Waals surface area contributed by atoms with Gasteiger partial charge in [-0.3, -0.25) is 15.2 Å². The van der Waals surface area contributed by atoms with Crippen molar-refractivity contribution in [1.82, 2.24) is 10.4 Å². The van der Waals surface area contributed by atoms with E-state index >= 15 is 0 Å². The number of ether oxygens (including phenoxy) is 1. The molecule has 1 aliphatic rings. The van der Waals surface area contributed by atoms with Crippen LogP contribution in [0.2, 0.25) is 0 Å². The van der Waals surface area contributed by atoms with Crippen LogP contribution in [0.15, 0.2) is 77.4 Å². The second-order valence-electron chi connectivity index (χ2n) is 7.83. The quantitative estimate of drug-likeness (QED) is 0.374. The van der Waals surface area contributed by atoms with Gasteiger partial charge in [0.25, 0.3) is 5.91 Å². The van der Waals surface area contributed by atoms with Crippen molar-refractivity contribution >= 4 is 50.5 Å². The number of fused-ring (bicyclic) bond motifs is 2. The van der Waals surface area contributed by atoms with Crippen LogP contribution >= 0.6 is 11.8 Å². The van der Waals surface area contributed by atoms with E-state index in [4.69, 9.17) is 13.6 Å². The van der Waals surface area contributed by atoms with Crippen molar-refractivity contribution in [3.05, 3.63) is 85.9 Å². The van der Waals surface area contributed by atoms with Crippen molar-refractivity contribution in [3.8, 4) is 11.5 Å². The molecule has 11 heteroatoms. The van der Waals surface area contributed by atoms with E-state index in [0.29, 0.717) is 34.8 Å². The predicted molar refractivity (Wildman–Crippen MR) is 141 cm³/mol. The van der Waals surface area contributed by atoms with Crippen LogP contribution in [0, 0.1) is 0 Å². The van der Waals surface area contributed by atoms with Gasteiger partial charge >= 0.3 is 11.3 Å². The van der Waals surface area contributed by atoms with Gasteiger partial charge in [0, 0.05) is 29.5 Å². The zero-order valence-electron chi connectivity index (χ0n) is 19.8. The van der Waals surface area contributed by atoms with Crippen LogP contribution in [-0.2, 0) is 0 Å². The molecule has 0 aliphatic carbocycles. The Hall–Kier alpha value is -4.51. The zero-order valence-corrected chi connectivity index (χ0v) is 20.6. The molecule has 1 amide bonds. The molecule has 0 saturated carbocycles. The van der Waals surface area contributed by atoms with Crippen LogP contribution in [0.4, 0.5) is 0 Å². The van der Waals surface area contributed by atoms with Crippen molar-refractivity contribution < 1.29 is 23.5 Å². The third kappa shape index (κ3) is 4.45. The molecule has 0 spiro atoms. The van der Waals surface area contributed by atoms with Gasteiger partial charge in [0.15, 0.2) is 5.17 Å². The Morgan fingerprint density at radius 2 is 1.89 bits per heavy atom. The number of hydrazine groups is 1. The first-order valence-electron chi connectivity index (χ1n) is 11.4. The Balaban J connectivity index is 1.68. The summed E-state index contributed by atoms with van der Waals surface area (Å²) in [7, 11) is 0. The number of para-hydroxylation sites is 1. The Morgan fingerprint density at radius 1 is 1.08 bits per heavy atom. The molecule has 2 aromatic heterocycles. The molecule has 2 aromatic carbocycles. The topological polar surface area (TPSA) is 135 Å². The van der Waals surface area contributed by atoms with Crippen molar-refractivity contribution in [3.63, 3.8) is 0 Å². The minimum absolute atomic E-state index is 0.0140. The Kier molecular flexibility index (Phi) is 6.45. The van der Waals surface area contributed by atoms with E-state index in [1.165, 1.54) is 11.5 Å². The highest BCUT2D eigenvalue weighted by Gasteiger charge is 2.32. The molecule has 10 nitrogen and oxygen atoms in total. The number of aliphatic imine (C=N–C) groups is 1. The highest BCUT2D eigenvalue weighted by molar-refractivity contribution is 8.16. The lowest BCUT2D eigenvalue weighted by Gasteiger charge is -2.30. The largest absolute Gasteiger partial charge is 0.506 e. The second-order valence-corrected chi connectivity index (χ2v) is 8.69. The smallest absolute Gasteiger partial charge is 0.349 e. The highest BCUT2D eigenvalue weighted by Crippen LogP contribution is 2.35. The maximum Gasteiger partial charge on any atom is 0.349 e. The van der Waals surface area contributed by atoms with Crippen LogP contribution in [0.5, 0.6) is 11.5 Å². The van der Waals surface area contributed by atoms with E-state index in [1.54, 1.807) is 36.4 Å². The van der Waals surface area contributed by atoms with E-state index in [-0.39, 0.29) is 33.7 Å². The molecule has 0 atom stereocenters. The zero-order chi connectivity index (χ0) is 26.1. The summed E-state index contributed by atoms with van der Waals surface area (Å²) >= 11 is 1.14. The molecular formula is C26H21N3O7S. The van der Waals surface area contributed by atoms with Gasteiger partial charge in [-0.25, -0.2) is 14.6 Å². The standard InChI is InChI=1S/C26H21N3O7S/c1-3-27-26-28-29(18(13-37-26)22-23(31)16-7-5-6-8-19(16)36-25(22)33)24(32)17-12-21(30)35-20-11-14(34-4-2)9-10-15(17)20/h5-13,31H,3-4H2,1-2H3,(H,27,28). The summed E-state index contributed by atoms with van der Waals surface area (Å²) in [6.07, 6.45) is 0. The van der Waals surface area contributed by atoms with Crippen LogP contribution < -0.4 is 21.4 Å². The molecule has 0 unspecified atom stereocenters. The summed E-state index contributed by atoms with van der Waals surface area (Å²) in [5, 5.41) is 14.7. The Morgan fingerprint density at radius 3 is 2.68 bits per heavy atom. The Bertz CT molecular complexity index is 1720. The molecule has 0 fully saturated rings. The van der Waals surface area contributed by atoms with Crippen LogP contribution in [0.25, 0.3) is 27.6 Å². The summed E-state index contributed by atoms with van der Waals surface area (Å²) in [6, 6.07) is 12.4. The monoisotopic (exact) mass is 519 g/mol. The fourth-order valence-electron chi connectivity index (χ4n) is 3.95. The molecule has 5 rings (SSSR count). The average Bonchev–Trinajstić information content (AvgIpc) is 2.88. The summed E-state index contributed by atoms with van der Waals surface area (Å²) < 4.78 is 16.2. The number of amidine groups is 1. The van der Waals surface area contributed by atoms with Crippen LogP contribution in [0.1, 0.15) is 29.8 Å². The molecule has 188 valence electrons. The number of carbonyl (C=O) groups excluding carboxylic acids is 1. The van der Waals surface area contributed by atoms with E-state index in [2.05, 4.69) is 10.4 Å². The first kappa shape index (κ1) is 24.2. The summed E-state index contributed by atoms with van der Waals surface area (Å²) in [4.78, 5) is 43.6. The normalized spacial score (nSPS) is 14.6. The molecule has 3 heterocycles. The SMILES string of the molecule is CCN=C1NN(C(=O)c2cc(=O)oc3cc(OCC)ccc23)C(c2c(O)c3ccccc3oc2=O)=CS1. The number of amides is 1.